The number of halogens is 3. The largest absolute Gasteiger partial charge is 0.262 e. The van der Waals surface area contributed by atoms with Gasteiger partial charge in [0.15, 0.2) is 0 Å². The summed E-state index contributed by atoms with van der Waals surface area (Å²) in [5, 5.41) is 0.577. The number of hydrogen-bond acceptors (Lipinski definition) is 2. The van der Waals surface area contributed by atoms with E-state index in [2.05, 4.69) is 31.9 Å². The van der Waals surface area contributed by atoms with Crippen LogP contribution in [0, 0.1) is 0 Å². The third kappa shape index (κ3) is 2.68. The number of hydrogen-bond donors (Lipinski definition) is 0. The summed E-state index contributed by atoms with van der Waals surface area (Å²) in [5.74, 6) is 0. The molecule has 1 aromatic rings. The van der Waals surface area contributed by atoms with E-state index in [9.17, 15) is 8.42 Å². The highest BCUT2D eigenvalue weighted by molar-refractivity contribution is 9.10. The van der Waals surface area contributed by atoms with Crippen molar-refractivity contribution in [1.82, 2.24) is 0 Å². The molecule has 2 nitrogen and oxygen atoms in total. The maximum atomic E-state index is 11.0. The molecule has 72 valence electrons. The summed E-state index contributed by atoms with van der Waals surface area (Å²) in [6, 6.07) is 4.92. The molecule has 0 saturated carbocycles. The van der Waals surface area contributed by atoms with Crippen LogP contribution >= 0.6 is 42.5 Å². The molecule has 0 radical (unpaired) electrons. The zero-order chi connectivity index (χ0) is 10.1. The molecule has 0 amide bonds. The summed E-state index contributed by atoms with van der Waals surface area (Å²) in [4.78, 5) is 0.103. The Morgan fingerprint density at radius 1 is 1.38 bits per heavy atom. The van der Waals surface area contributed by atoms with E-state index in [4.69, 9.17) is 10.7 Å². The minimum absolute atomic E-state index is 0.103. The lowest BCUT2D eigenvalue weighted by molar-refractivity contribution is 0.609. The SMILES string of the molecule is O=S(=O)(Cl)c1cccc(CBr)c1Br. The molecule has 0 aliphatic heterocycles. The van der Waals surface area contributed by atoms with Gasteiger partial charge in [-0.05, 0) is 27.6 Å². The molecule has 0 spiro atoms. The van der Waals surface area contributed by atoms with E-state index < -0.39 is 9.05 Å². The van der Waals surface area contributed by atoms with Gasteiger partial charge in [0.2, 0.25) is 0 Å². The van der Waals surface area contributed by atoms with Crippen molar-refractivity contribution in [3.8, 4) is 0 Å². The molecule has 0 aliphatic rings. The Kier molecular flexibility index (Phi) is 3.80. The van der Waals surface area contributed by atoms with Crippen molar-refractivity contribution >= 4 is 51.6 Å². The molecule has 6 heteroatoms. The zero-order valence-corrected chi connectivity index (χ0v) is 11.0. The summed E-state index contributed by atoms with van der Waals surface area (Å²) in [7, 11) is 1.56. The third-order valence-corrected chi connectivity index (χ3v) is 4.62. The minimum atomic E-state index is -3.66. The summed E-state index contributed by atoms with van der Waals surface area (Å²) in [6.07, 6.45) is 0. The Labute approximate surface area is 98.0 Å². The van der Waals surface area contributed by atoms with Crippen LogP contribution in [0.15, 0.2) is 27.6 Å². The second-order valence-corrected chi connectivity index (χ2v) is 6.19. The lowest BCUT2D eigenvalue weighted by atomic mass is 10.2. The maximum Gasteiger partial charge on any atom is 0.262 e. The first-order valence-electron chi connectivity index (χ1n) is 3.25. The van der Waals surface area contributed by atoms with Gasteiger partial charge >= 0.3 is 0 Å². The van der Waals surface area contributed by atoms with E-state index in [-0.39, 0.29) is 4.90 Å². The maximum absolute atomic E-state index is 11.0. The summed E-state index contributed by atoms with van der Waals surface area (Å²) >= 11 is 6.42. The van der Waals surface area contributed by atoms with E-state index >= 15 is 0 Å². The molecule has 0 N–H and O–H groups in total. The fourth-order valence-electron chi connectivity index (χ4n) is 0.848. The van der Waals surface area contributed by atoms with Crippen molar-refractivity contribution < 1.29 is 8.42 Å². The van der Waals surface area contributed by atoms with Crippen LogP contribution in [-0.2, 0) is 14.4 Å². The van der Waals surface area contributed by atoms with Gasteiger partial charge in [-0.1, -0.05) is 28.1 Å². The molecule has 0 saturated heterocycles. The summed E-state index contributed by atoms with van der Waals surface area (Å²) < 4.78 is 22.6. The van der Waals surface area contributed by atoms with Crippen LogP contribution in [-0.4, -0.2) is 8.42 Å². The topological polar surface area (TPSA) is 34.1 Å². The molecule has 0 fully saturated rings. The first-order chi connectivity index (χ1) is 5.96. The van der Waals surface area contributed by atoms with E-state index in [0.29, 0.717) is 9.80 Å². The van der Waals surface area contributed by atoms with E-state index in [1.165, 1.54) is 6.07 Å². The van der Waals surface area contributed by atoms with Gasteiger partial charge in [-0.15, -0.1) is 0 Å². The van der Waals surface area contributed by atoms with Crippen molar-refractivity contribution in [3.63, 3.8) is 0 Å². The van der Waals surface area contributed by atoms with Crippen LogP contribution in [0.25, 0.3) is 0 Å². The van der Waals surface area contributed by atoms with Gasteiger partial charge in [0.05, 0.1) is 4.90 Å². The smallest absolute Gasteiger partial charge is 0.207 e. The van der Waals surface area contributed by atoms with Gasteiger partial charge in [-0.3, -0.25) is 0 Å². The molecule has 0 unspecified atom stereocenters. The van der Waals surface area contributed by atoms with Crippen molar-refractivity contribution in [3.05, 3.63) is 28.2 Å². The summed E-state index contributed by atoms with van der Waals surface area (Å²) in [5.41, 5.74) is 0.849. The Morgan fingerprint density at radius 3 is 2.46 bits per heavy atom. The zero-order valence-electron chi connectivity index (χ0n) is 6.30. The normalized spacial score (nSPS) is 11.6. The molecule has 0 atom stereocenters. The average Bonchev–Trinajstić information content (AvgIpc) is 2.02. The van der Waals surface area contributed by atoms with Crippen molar-refractivity contribution in [2.45, 2.75) is 10.2 Å². The Balaban J connectivity index is 3.41. The lowest BCUT2D eigenvalue weighted by Crippen LogP contribution is -1.94. The number of benzene rings is 1. The van der Waals surface area contributed by atoms with Gasteiger partial charge in [-0.25, -0.2) is 8.42 Å². The molecular weight excluding hydrogens is 343 g/mol. The highest BCUT2D eigenvalue weighted by atomic mass is 79.9. The molecular formula is C7H5Br2ClO2S. The second kappa shape index (κ2) is 4.29. The first kappa shape index (κ1) is 11.5. The van der Waals surface area contributed by atoms with E-state index in [1.807, 2.05) is 6.07 Å². The van der Waals surface area contributed by atoms with Gasteiger partial charge in [-0.2, -0.15) is 0 Å². The van der Waals surface area contributed by atoms with Crippen LogP contribution in [0.5, 0.6) is 0 Å². The van der Waals surface area contributed by atoms with E-state index in [1.54, 1.807) is 6.07 Å². The quantitative estimate of drug-likeness (QED) is 0.607. The highest BCUT2D eigenvalue weighted by Gasteiger charge is 2.15. The minimum Gasteiger partial charge on any atom is -0.207 e. The number of rotatable bonds is 2. The predicted octanol–water partition coefficient (Wildman–Crippen LogP) is 3.27. The third-order valence-electron chi connectivity index (χ3n) is 1.45. The Morgan fingerprint density at radius 2 is 2.00 bits per heavy atom. The van der Waals surface area contributed by atoms with Crippen molar-refractivity contribution in [2.75, 3.05) is 0 Å². The predicted molar refractivity (Wildman–Crippen MR) is 59.8 cm³/mol. The summed E-state index contributed by atoms with van der Waals surface area (Å²) in [6.45, 7) is 0. The lowest BCUT2D eigenvalue weighted by Gasteiger charge is -2.03. The highest BCUT2D eigenvalue weighted by Crippen LogP contribution is 2.29. The average molecular weight is 348 g/mol. The van der Waals surface area contributed by atoms with Crippen LogP contribution in [0.3, 0.4) is 0 Å². The Hall–Kier alpha value is 0.420. The fraction of sp³-hybridized carbons (Fsp3) is 0.143. The standard InChI is InChI=1S/C7H5Br2ClO2S/c8-4-5-2-1-3-6(7(5)9)13(10,11)12/h1-3H,4H2. The van der Waals surface area contributed by atoms with Crippen LogP contribution in [0.1, 0.15) is 5.56 Å². The monoisotopic (exact) mass is 346 g/mol. The molecule has 1 aromatic carbocycles. The van der Waals surface area contributed by atoms with E-state index in [0.717, 1.165) is 5.56 Å². The van der Waals surface area contributed by atoms with Gasteiger partial charge in [0.1, 0.15) is 0 Å². The van der Waals surface area contributed by atoms with Crippen LogP contribution in [0.2, 0.25) is 0 Å². The van der Waals surface area contributed by atoms with Gasteiger partial charge < -0.3 is 0 Å². The van der Waals surface area contributed by atoms with Crippen LogP contribution in [0.4, 0.5) is 0 Å². The van der Waals surface area contributed by atoms with Crippen molar-refractivity contribution in [2.24, 2.45) is 0 Å². The van der Waals surface area contributed by atoms with Gasteiger partial charge in [0.25, 0.3) is 9.05 Å². The second-order valence-electron chi connectivity index (χ2n) is 2.30. The molecule has 0 aromatic heterocycles. The molecule has 1 rings (SSSR count). The Bertz CT molecular complexity index is 417. The molecule has 13 heavy (non-hydrogen) atoms. The molecule has 0 bridgehead atoms. The molecule has 0 heterocycles. The first-order valence-corrected chi connectivity index (χ1v) is 7.47. The molecule has 0 aliphatic carbocycles. The van der Waals surface area contributed by atoms with Crippen LogP contribution < -0.4 is 0 Å². The van der Waals surface area contributed by atoms with Gasteiger partial charge in [0, 0.05) is 20.5 Å². The van der Waals surface area contributed by atoms with Crippen molar-refractivity contribution in [1.29, 1.82) is 0 Å². The number of alkyl halides is 1. The fourth-order valence-corrected chi connectivity index (χ4v) is 3.99.